The van der Waals surface area contributed by atoms with Crippen LogP contribution in [-0.4, -0.2) is 48.2 Å². The van der Waals surface area contributed by atoms with E-state index in [-0.39, 0.29) is 30.8 Å². The van der Waals surface area contributed by atoms with Gasteiger partial charge in [0, 0.05) is 12.2 Å². The minimum atomic E-state index is -0.952. The fourth-order valence-electron chi connectivity index (χ4n) is 3.61. The number of carbonyl (C=O) groups excluding carboxylic acids is 2. The Hall–Kier alpha value is -3.62. The maximum absolute atomic E-state index is 12.6. The summed E-state index contributed by atoms with van der Waals surface area (Å²) in [6.07, 6.45) is 0.479. The smallest absolute Gasteiger partial charge is 0.291 e. The zero-order chi connectivity index (χ0) is 22.5. The van der Waals surface area contributed by atoms with Gasteiger partial charge in [-0.2, -0.15) is 0 Å². The van der Waals surface area contributed by atoms with Crippen molar-refractivity contribution in [2.75, 3.05) is 25.6 Å². The molecule has 1 aliphatic rings. The Morgan fingerprint density at radius 1 is 1.19 bits per heavy atom. The Morgan fingerprint density at radius 3 is 2.59 bits per heavy atom. The second-order valence-electron chi connectivity index (χ2n) is 7.45. The van der Waals surface area contributed by atoms with Gasteiger partial charge in [-0.1, -0.05) is 24.3 Å². The average Bonchev–Trinajstić information content (AvgIpc) is 3.36. The Bertz CT molecular complexity index is 1050. The van der Waals surface area contributed by atoms with E-state index in [1.165, 1.54) is 6.26 Å². The van der Waals surface area contributed by atoms with Crippen molar-refractivity contribution in [3.63, 3.8) is 0 Å². The number of amides is 2. The van der Waals surface area contributed by atoms with Crippen molar-refractivity contribution in [2.45, 2.75) is 18.7 Å². The molecule has 3 aromatic rings. The highest BCUT2D eigenvalue weighted by Gasteiger charge is 2.34. The van der Waals surface area contributed by atoms with Crippen LogP contribution in [0.15, 0.2) is 71.3 Å². The average molecular weight is 436 g/mol. The van der Waals surface area contributed by atoms with Gasteiger partial charge in [-0.05, 0) is 47.5 Å². The standard InChI is InChI=1S/C24H24N2O6/c1-30-19-10-4-16(5-11-19)13-26-20(14-31-15-22(26)27)23(28)17-6-8-18(9-7-17)25-24(29)21-3-2-12-32-21/h2-12,20,23,28H,13-15H2,1H3,(H,25,29)/t20-,23-/m1/s1. The minimum absolute atomic E-state index is 0.0167. The molecule has 1 aromatic heterocycles. The largest absolute Gasteiger partial charge is 0.497 e. The topological polar surface area (TPSA) is 101 Å². The molecule has 2 amide bonds. The number of anilines is 1. The molecule has 4 rings (SSSR count). The lowest BCUT2D eigenvalue weighted by atomic mass is 9.99. The lowest BCUT2D eigenvalue weighted by molar-refractivity contribution is -0.155. The number of aliphatic hydroxyl groups excluding tert-OH is 1. The summed E-state index contributed by atoms with van der Waals surface area (Å²) in [6.45, 7) is 0.558. The summed E-state index contributed by atoms with van der Waals surface area (Å²) in [5.74, 6) is 0.401. The van der Waals surface area contributed by atoms with E-state index in [0.717, 1.165) is 11.3 Å². The van der Waals surface area contributed by atoms with Crippen LogP contribution in [0.1, 0.15) is 27.8 Å². The number of nitrogens with zero attached hydrogens (tertiary/aromatic N) is 1. The zero-order valence-electron chi connectivity index (χ0n) is 17.6. The van der Waals surface area contributed by atoms with Gasteiger partial charge in [0.25, 0.3) is 5.91 Å². The molecule has 0 bridgehead atoms. The van der Waals surface area contributed by atoms with E-state index in [1.807, 2.05) is 24.3 Å². The van der Waals surface area contributed by atoms with Crippen molar-refractivity contribution >= 4 is 17.5 Å². The third kappa shape index (κ3) is 4.82. The van der Waals surface area contributed by atoms with Crippen LogP contribution < -0.4 is 10.1 Å². The molecular formula is C24H24N2O6. The van der Waals surface area contributed by atoms with Crippen molar-refractivity contribution in [1.29, 1.82) is 0 Å². The zero-order valence-corrected chi connectivity index (χ0v) is 17.6. The number of rotatable bonds is 7. The van der Waals surface area contributed by atoms with E-state index in [0.29, 0.717) is 17.8 Å². The highest BCUT2D eigenvalue weighted by Crippen LogP contribution is 2.27. The number of nitrogens with one attached hydrogen (secondary N) is 1. The van der Waals surface area contributed by atoms with Crippen LogP contribution in [0.2, 0.25) is 0 Å². The monoisotopic (exact) mass is 436 g/mol. The van der Waals surface area contributed by atoms with Crippen LogP contribution in [0.4, 0.5) is 5.69 Å². The first-order valence-electron chi connectivity index (χ1n) is 10.2. The van der Waals surface area contributed by atoms with Crippen LogP contribution >= 0.6 is 0 Å². The number of morpholine rings is 1. The first kappa shape index (κ1) is 21.6. The maximum Gasteiger partial charge on any atom is 0.291 e. The molecule has 1 aliphatic heterocycles. The maximum atomic E-state index is 12.6. The predicted octanol–water partition coefficient (Wildman–Crippen LogP) is 3.00. The molecule has 8 heteroatoms. The number of carbonyl (C=O) groups is 2. The summed E-state index contributed by atoms with van der Waals surface area (Å²) >= 11 is 0. The molecule has 0 radical (unpaired) electrons. The molecular weight excluding hydrogens is 412 g/mol. The molecule has 166 valence electrons. The van der Waals surface area contributed by atoms with Gasteiger partial charge in [-0.3, -0.25) is 9.59 Å². The molecule has 0 saturated carbocycles. The lowest BCUT2D eigenvalue weighted by Gasteiger charge is -2.38. The first-order chi connectivity index (χ1) is 15.5. The second-order valence-corrected chi connectivity index (χ2v) is 7.45. The van der Waals surface area contributed by atoms with Crippen molar-refractivity contribution in [3.05, 3.63) is 83.8 Å². The van der Waals surface area contributed by atoms with Crippen molar-refractivity contribution in [2.24, 2.45) is 0 Å². The van der Waals surface area contributed by atoms with Crippen LogP contribution in [0.5, 0.6) is 5.75 Å². The third-order valence-corrected chi connectivity index (χ3v) is 5.37. The molecule has 2 heterocycles. The molecule has 1 saturated heterocycles. The highest BCUT2D eigenvalue weighted by atomic mass is 16.5. The second kappa shape index (κ2) is 9.67. The lowest BCUT2D eigenvalue weighted by Crippen LogP contribution is -2.51. The van der Waals surface area contributed by atoms with Gasteiger partial charge >= 0.3 is 0 Å². The molecule has 0 spiro atoms. The number of hydrogen-bond acceptors (Lipinski definition) is 6. The van der Waals surface area contributed by atoms with Gasteiger partial charge in [0.2, 0.25) is 5.91 Å². The van der Waals surface area contributed by atoms with Crippen molar-refractivity contribution in [3.8, 4) is 5.75 Å². The Morgan fingerprint density at radius 2 is 1.94 bits per heavy atom. The van der Waals surface area contributed by atoms with E-state index < -0.39 is 12.1 Å². The van der Waals surface area contributed by atoms with Gasteiger partial charge in [-0.15, -0.1) is 0 Å². The highest BCUT2D eigenvalue weighted by molar-refractivity contribution is 6.02. The van der Waals surface area contributed by atoms with Crippen LogP contribution in [0.3, 0.4) is 0 Å². The fraction of sp³-hybridized carbons (Fsp3) is 0.250. The molecule has 0 unspecified atom stereocenters. The summed E-state index contributed by atoms with van der Waals surface area (Å²) in [7, 11) is 1.60. The molecule has 32 heavy (non-hydrogen) atoms. The van der Waals surface area contributed by atoms with Gasteiger partial charge in [0.1, 0.15) is 18.5 Å². The number of benzene rings is 2. The van der Waals surface area contributed by atoms with Crippen LogP contribution in [0, 0.1) is 0 Å². The summed E-state index contributed by atoms with van der Waals surface area (Å²) in [5.41, 5.74) is 2.10. The quantitative estimate of drug-likeness (QED) is 0.591. The SMILES string of the molecule is COc1ccc(CN2C(=O)COC[C@@H]2[C@H](O)c2ccc(NC(=O)c3ccco3)cc2)cc1. The van der Waals surface area contributed by atoms with E-state index in [2.05, 4.69) is 5.32 Å². The first-order valence-corrected chi connectivity index (χ1v) is 10.2. The molecule has 2 aromatic carbocycles. The number of hydrogen-bond donors (Lipinski definition) is 2. The molecule has 1 fully saturated rings. The minimum Gasteiger partial charge on any atom is -0.497 e. The Labute approximate surface area is 185 Å². The summed E-state index contributed by atoms with van der Waals surface area (Å²) in [6, 6.07) is 16.9. The summed E-state index contributed by atoms with van der Waals surface area (Å²) < 4.78 is 15.7. The molecule has 2 N–H and O–H groups in total. The van der Waals surface area contributed by atoms with Crippen LogP contribution in [0.25, 0.3) is 0 Å². The molecule has 8 nitrogen and oxygen atoms in total. The predicted molar refractivity (Wildman–Crippen MR) is 116 cm³/mol. The number of furan rings is 1. The number of ether oxygens (including phenoxy) is 2. The van der Waals surface area contributed by atoms with Crippen molar-refractivity contribution < 1.29 is 28.6 Å². The summed E-state index contributed by atoms with van der Waals surface area (Å²) in [5, 5.41) is 13.8. The molecule has 0 aliphatic carbocycles. The van der Waals surface area contributed by atoms with Gasteiger partial charge in [0.15, 0.2) is 5.76 Å². The Kier molecular flexibility index (Phi) is 6.53. The third-order valence-electron chi connectivity index (χ3n) is 5.37. The van der Waals surface area contributed by atoms with E-state index in [1.54, 1.807) is 48.4 Å². The van der Waals surface area contributed by atoms with Gasteiger partial charge < -0.3 is 29.2 Å². The number of methoxy groups -OCH3 is 1. The van der Waals surface area contributed by atoms with E-state index in [9.17, 15) is 14.7 Å². The summed E-state index contributed by atoms with van der Waals surface area (Å²) in [4.78, 5) is 26.3. The van der Waals surface area contributed by atoms with Crippen LogP contribution in [-0.2, 0) is 16.1 Å². The van der Waals surface area contributed by atoms with Crippen molar-refractivity contribution in [1.82, 2.24) is 4.90 Å². The Balaban J connectivity index is 1.46. The van der Waals surface area contributed by atoms with Gasteiger partial charge in [0.05, 0.1) is 26.0 Å². The van der Waals surface area contributed by atoms with E-state index >= 15 is 0 Å². The normalized spacial score (nSPS) is 17.1. The number of aliphatic hydroxyl groups is 1. The van der Waals surface area contributed by atoms with E-state index in [4.69, 9.17) is 13.9 Å². The van der Waals surface area contributed by atoms with Gasteiger partial charge in [-0.25, -0.2) is 0 Å². The molecule has 2 atom stereocenters. The fourth-order valence-corrected chi connectivity index (χ4v) is 3.61.